The number of hydrogen-bond donors (Lipinski definition) is 1. The monoisotopic (exact) mass is 418 g/mol. The molecule has 1 amide bonds. The van der Waals surface area contributed by atoms with E-state index in [1.54, 1.807) is 0 Å². The van der Waals surface area contributed by atoms with Gasteiger partial charge in [-0.15, -0.1) is 11.3 Å². The Bertz CT molecular complexity index is 876. The molecule has 0 saturated carbocycles. The number of non-ortho nitro benzene ring substituents is 1. The molecule has 7 nitrogen and oxygen atoms in total. The van der Waals surface area contributed by atoms with E-state index in [9.17, 15) is 23.3 Å². The van der Waals surface area contributed by atoms with Crippen LogP contribution in [0.5, 0.6) is 0 Å². The molecule has 2 rings (SSSR count). The Morgan fingerprint density at radius 2 is 2.04 bits per heavy atom. The maximum atomic E-state index is 12.1. The van der Waals surface area contributed by atoms with Gasteiger partial charge in [-0.3, -0.25) is 14.9 Å². The number of hydrogen-bond acceptors (Lipinski definition) is 6. The highest BCUT2D eigenvalue weighted by atomic mass is 79.9. The van der Waals surface area contributed by atoms with E-state index >= 15 is 0 Å². The standard InChI is InChI=1S/C13H11BrN2O5S2/c1-23(20,21)12-3-8(2-10(5-12)16(18)19)13(17)15-6-11-4-9(14)7-22-11/h2-5,7H,6H2,1H3,(H,15,17). The van der Waals surface area contributed by atoms with Gasteiger partial charge in [0.15, 0.2) is 9.84 Å². The lowest BCUT2D eigenvalue weighted by molar-refractivity contribution is -0.385. The molecular formula is C13H11BrN2O5S2. The summed E-state index contributed by atoms with van der Waals surface area (Å²) in [5.41, 5.74) is -0.521. The van der Waals surface area contributed by atoms with Crippen LogP contribution in [0.25, 0.3) is 0 Å². The van der Waals surface area contributed by atoms with Crippen molar-refractivity contribution in [2.45, 2.75) is 11.4 Å². The summed E-state index contributed by atoms with van der Waals surface area (Å²) in [7, 11) is -3.67. The highest BCUT2D eigenvalue weighted by Crippen LogP contribution is 2.22. The number of nitrogens with one attached hydrogen (secondary N) is 1. The van der Waals surface area contributed by atoms with Gasteiger partial charge < -0.3 is 5.32 Å². The van der Waals surface area contributed by atoms with Gasteiger partial charge in [0.2, 0.25) is 0 Å². The zero-order chi connectivity index (χ0) is 17.2. The van der Waals surface area contributed by atoms with E-state index in [0.29, 0.717) is 0 Å². The highest BCUT2D eigenvalue weighted by molar-refractivity contribution is 9.10. The van der Waals surface area contributed by atoms with Gasteiger partial charge in [0.25, 0.3) is 11.6 Å². The number of rotatable bonds is 5. The zero-order valence-electron chi connectivity index (χ0n) is 11.8. The molecule has 0 unspecified atom stereocenters. The Kier molecular flexibility index (Phi) is 5.17. The second-order valence-electron chi connectivity index (χ2n) is 4.66. The second-order valence-corrected chi connectivity index (χ2v) is 8.59. The average Bonchev–Trinajstić information content (AvgIpc) is 2.89. The number of thiophene rings is 1. The van der Waals surface area contributed by atoms with E-state index in [-0.39, 0.29) is 17.0 Å². The molecule has 1 N–H and O–H groups in total. The van der Waals surface area contributed by atoms with Crippen molar-refractivity contribution in [3.63, 3.8) is 0 Å². The molecule has 0 aliphatic carbocycles. The molecule has 122 valence electrons. The Balaban J connectivity index is 2.28. The fourth-order valence-electron chi connectivity index (χ4n) is 1.75. The van der Waals surface area contributed by atoms with Crippen molar-refractivity contribution in [2.24, 2.45) is 0 Å². The predicted molar refractivity (Wildman–Crippen MR) is 89.4 cm³/mol. The van der Waals surface area contributed by atoms with Gasteiger partial charge in [-0.05, 0) is 28.1 Å². The Hall–Kier alpha value is -1.78. The molecule has 0 bridgehead atoms. The first-order valence-electron chi connectivity index (χ1n) is 6.17. The molecule has 0 aliphatic heterocycles. The van der Waals surface area contributed by atoms with E-state index in [0.717, 1.165) is 33.8 Å². The van der Waals surface area contributed by atoms with Crippen molar-refractivity contribution in [1.29, 1.82) is 0 Å². The molecule has 2 aromatic rings. The Labute approximate surface area is 144 Å². The third-order valence-corrected chi connectivity index (χ3v) is 5.63. The van der Waals surface area contributed by atoms with Gasteiger partial charge in [0.05, 0.1) is 16.4 Å². The molecule has 0 saturated heterocycles. The van der Waals surface area contributed by atoms with Crippen LogP contribution in [0.1, 0.15) is 15.2 Å². The number of nitrogens with zero attached hydrogens (tertiary/aromatic N) is 1. The summed E-state index contributed by atoms with van der Waals surface area (Å²) in [5.74, 6) is -0.580. The van der Waals surface area contributed by atoms with Crippen LogP contribution in [-0.2, 0) is 16.4 Å². The van der Waals surface area contributed by atoms with Crippen LogP contribution in [0, 0.1) is 10.1 Å². The van der Waals surface area contributed by atoms with E-state index in [1.807, 2.05) is 11.4 Å². The first-order valence-corrected chi connectivity index (χ1v) is 9.74. The molecule has 1 aromatic heterocycles. The van der Waals surface area contributed by atoms with E-state index < -0.39 is 26.4 Å². The van der Waals surface area contributed by atoms with E-state index in [4.69, 9.17) is 0 Å². The molecule has 0 fully saturated rings. The molecule has 0 radical (unpaired) electrons. The summed E-state index contributed by atoms with van der Waals surface area (Å²) in [6.07, 6.45) is 0.927. The maximum absolute atomic E-state index is 12.1. The number of benzene rings is 1. The van der Waals surface area contributed by atoms with Crippen LogP contribution in [0.3, 0.4) is 0 Å². The van der Waals surface area contributed by atoms with E-state index in [1.165, 1.54) is 11.3 Å². The normalized spacial score (nSPS) is 11.2. The summed E-state index contributed by atoms with van der Waals surface area (Å²) in [6, 6.07) is 4.94. The minimum Gasteiger partial charge on any atom is -0.347 e. The molecule has 0 aliphatic rings. The molecule has 10 heteroatoms. The largest absolute Gasteiger partial charge is 0.347 e. The summed E-state index contributed by atoms with van der Waals surface area (Å²) in [4.78, 5) is 22.9. The van der Waals surface area contributed by atoms with E-state index in [2.05, 4.69) is 21.2 Å². The Morgan fingerprint density at radius 1 is 1.35 bits per heavy atom. The topological polar surface area (TPSA) is 106 Å². The summed E-state index contributed by atoms with van der Waals surface area (Å²) in [6.45, 7) is 0.242. The summed E-state index contributed by atoms with van der Waals surface area (Å²) >= 11 is 4.73. The lowest BCUT2D eigenvalue weighted by atomic mass is 10.2. The van der Waals surface area contributed by atoms with Gasteiger partial charge >= 0.3 is 0 Å². The molecule has 1 heterocycles. The van der Waals surface area contributed by atoms with Crippen molar-refractivity contribution < 1.29 is 18.1 Å². The van der Waals surface area contributed by atoms with Gasteiger partial charge in [0.1, 0.15) is 0 Å². The zero-order valence-corrected chi connectivity index (χ0v) is 15.0. The Morgan fingerprint density at radius 3 is 2.57 bits per heavy atom. The van der Waals surface area contributed by atoms with Crippen LogP contribution >= 0.6 is 27.3 Å². The molecule has 1 aromatic carbocycles. The first kappa shape index (κ1) is 17.6. The summed E-state index contributed by atoms with van der Waals surface area (Å²) in [5, 5.41) is 15.4. The maximum Gasteiger partial charge on any atom is 0.271 e. The highest BCUT2D eigenvalue weighted by Gasteiger charge is 2.19. The van der Waals surface area contributed by atoms with Crippen molar-refractivity contribution in [1.82, 2.24) is 5.32 Å². The SMILES string of the molecule is CS(=O)(=O)c1cc(C(=O)NCc2cc(Br)cs2)cc([N+](=O)[O-])c1. The lowest BCUT2D eigenvalue weighted by Crippen LogP contribution is -2.22. The quantitative estimate of drug-likeness (QED) is 0.593. The fourth-order valence-corrected chi connectivity index (χ4v) is 3.82. The number of nitro benzene ring substituents is 1. The fraction of sp³-hybridized carbons (Fsp3) is 0.154. The molecular weight excluding hydrogens is 408 g/mol. The van der Waals surface area contributed by atoms with Crippen molar-refractivity contribution in [3.8, 4) is 0 Å². The van der Waals surface area contributed by atoms with Crippen LogP contribution in [0.4, 0.5) is 5.69 Å². The van der Waals surface area contributed by atoms with Gasteiger partial charge in [-0.1, -0.05) is 0 Å². The van der Waals surface area contributed by atoms with Gasteiger partial charge in [0, 0.05) is 38.7 Å². The van der Waals surface area contributed by atoms with Gasteiger partial charge in [-0.2, -0.15) is 0 Å². The number of amides is 1. The number of sulfone groups is 1. The predicted octanol–water partition coefficient (Wildman–Crippen LogP) is 2.75. The van der Waals surface area contributed by atoms with Crippen LogP contribution < -0.4 is 5.32 Å². The lowest BCUT2D eigenvalue weighted by Gasteiger charge is -2.06. The first-order chi connectivity index (χ1) is 10.7. The van der Waals surface area contributed by atoms with Crippen LogP contribution in [0.2, 0.25) is 0 Å². The van der Waals surface area contributed by atoms with Crippen molar-refractivity contribution >= 4 is 48.7 Å². The molecule has 0 spiro atoms. The summed E-state index contributed by atoms with van der Waals surface area (Å²) < 4.78 is 24.1. The average molecular weight is 419 g/mol. The smallest absolute Gasteiger partial charge is 0.271 e. The molecule has 0 atom stereocenters. The number of carbonyl (C=O) groups excluding carboxylic acids is 1. The molecule has 23 heavy (non-hydrogen) atoms. The number of nitro groups is 1. The minimum atomic E-state index is -3.67. The number of halogens is 1. The minimum absolute atomic E-state index is 0.0738. The second kappa shape index (κ2) is 6.77. The number of carbonyl (C=O) groups is 1. The van der Waals surface area contributed by atoms with Crippen LogP contribution in [0.15, 0.2) is 39.0 Å². The van der Waals surface area contributed by atoms with Crippen molar-refractivity contribution in [3.05, 3.63) is 54.7 Å². The third kappa shape index (κ3) is 4.60. The van der Waals surface area contributed by atoms with Gasteiger partial charge in [-0.25, -0.2) is 8.42 Å². The van der Waals surface area contributed by atoms with Crippen molar-refractivity contribution in [2.75, 3.05) is 6.26 Å². The third-order valence-electron chi connectivity index (χ3n) is 2.84. The van der Waals surface area contributed by atoms with Crippen LogP contribution in [-0.4, -0.2) is 25.5 Å².